The predicted molar refractivity (Wildman–Crippen MR) is 82.3 cm³/mol. The molecule has 0 bridgehead atoms. The van der Waals surface area contributed by atoms with Gasteiger partial charge in [-0.05, 0) is 18.9 Å². The lowest BCUT2D eigenvalue weighted by molar-refractivity contribution is -0.146. The Morgan fingerprint density at radius 3 is 2.50 bits per heavy atom. The Kier molecular flexibility index (Phi) is 6.52. The summed E-state index contributed by atoms with van der Waals surface area (Å²) < 4.78 is 4.37. The van der Waals surface area contributed by atoms with E-state index in [9.17, 15) is 9.59 Å². The van der Waals surface area contributed by atoms with Gasteiger partial charge in [0, 0.05) is 6.92 Å². The third-order valence-electron chi connectivity index (χ3n) is 2.65. The number of carbonyl (C=O) groups is 2. The van der Waals surface area contributed by atoms with Crippen molar-refractivity contribution in [2.75, 3.05) is 0 Å². The fraction of sp³-hybridized carbons (Fsp3) is 0.375. The van der Waals surface area contributed by atoms with Crippen LogP contribution in [0.1, 0.15) is 32.8 Å². The number of hydrogen-bond acceptors (Lipinski definition) is 4. The zero-order valence-electron chi connectivity index (χ0n) is 12.1. The molecule has 4 heteroatoms. The molecular weight excluding hydrogens is 272 g/mol. The van der Waals surface area contributed by atoms with Crippen LogP contribution in [-0.2, 0) is 20.9 Å². The maximum Gasteiger partial charge on any atom is 0.326 e. The van der Waals surface area contributed by atoms with Gasteiger partial charge in [-0.3, -0.25) is 9.59 Å². The summed E-state index contributed by atoms with van der Waals surface area (Å²) in [5, 5.41) is -0.107. The predicted octanol–water partition coefficient (Wildman–Crippen LogP) is 3.73. The van der Waals surface area contributed by atoms with E-state index < -0.39 is 10.7 Å². The van der Waals surface area contributed by atoms with Gasteiger partial charge in [-0.1, -0.05) is 61.2 Å². The van der Waals surface area contributed by atoms with Crippen molar-refractivity contribution in [2.24, 2.45) is 0 Å². The Balaban J connectivity index is 2.73. The molecule has 1 atom stereocenters. The molecule has 0 aliphatic rings. The van der Waals surface area contributed by atoms with E-state index in [4.69, 9.17) is 4.74 Å². The summed E-state index contributed by atoms with van der Waals surface area (Å²) in [6.45, 7) is 5.35. The van der Waals surface area contributed by atoms with Crippen LogP contribution in [0.4, 0.5) is 0 Å². The maximum atomic E-state index is 12.2. The van der Waals surface area contributed by atoms with Gasteiger partial charge in [0.2, 0.25) is 0 Å². The molecule has 0 spiro atoms. The van der Waals surface area contributed by atoms with Crippen LogP contribution in [0.2, 0.25) is 0 Å². The minimum Gasteiger partial charge on any atom is -0.460 e. The Bertz CT molecular complexity index is 482. The first-order chi connectivity index (χ1) is 9.48. The minimum absolute atomic E-state index is 0.107. The summed E-state index contributed by atoms with van der Waals surface area (Å²) in [4.78, 5) is 23.6. The van der Waals surface area contributed by atoms with Crippen molar-refractivity contribution in [1.82, 2.24) is 0 Å². The van der Waals surface area contributed by atoms with E-state index in [-0.39, 0.29) is 11.7 Å². The molecule has 3 nitrogen and oxygen atoms in total. The van der Waals surface area contributed by atoms with E-state index in [2.05, 4.69) is 0 Å². The first kappa shape index (κ1) is 16.5. The summed E-state index contributed by atoms with van der Waals surface area (Å²) in [6.07, 6.45) is 4.42. The van der Waals surface area contributed by atoms with Crippen LogP contribution in [0.25, 0.3) is 0 Å². The molecule has 0 heterocycles. The Labute approximate surface area is 124 Å². The van der Waals surface area contributed by atoms with E-state index in [0.717, 1.165) is 23.7 Å². The summed E-state index contributed by atoms with van der Waals surface area (Å²) in [5.74, 6) is -0.397. The topological polar surface area (TPSA) is 43.4 Å². The minimum atomic E-state index is -0.962. The summed E-state index contributed by atoms with van der Waals surface area (Å²) in [5.41, 5.74) is 0.926. The second kappa shape index (κ2) is 7.90. The van der Waals surface area contributed by atoms with E-state index in [1.807, 2.05) is 43.3 Å². The second-order valence-corrected chi connectivity index (χ2v) is 6.20. The molecular formula is C16H20O3S. The highest BCUT2D eigenvalue weighted by Crippen LogP contribution is 2.29. The van der Waals surface area contributed by atoms with Gasteiger partial charge in [-0.25, -0.2) is 0 Å². The smallest absolute Gasteiger partial charge is 0.326 e. The molecule has 108 valence electrons. The lowest BCUT2D eigenvalue weighted by atomic mass is 10.1. The van der Waals surface area contributed by atoms with Crippen molar-refractivity contribution >= 4 is 22.8 Å². The van der Waals surface area contributed by atoms with Crippen LogP contribution >= 0.6 is 11.8 Å². The Hall–Kier alpha value is -1.55. The number of esters is 1. The van der Waals surface area contributed by atoms with Crippen LogP contribution in [0.15, 0.2) is 42.5 Å². The molecule has 1 aromatic carbocycles. The molecule has 1 aromatic rings. The maximum absolute atomic E-state index is 12.2. The molecule has 0 aliphatic heterocycles. The number of hydrogen-bond donors (Lipinski definition) is 0. The molecule has 0 aromatic heterocycles. The van der Waals surface area contributed by atoms with E-state index >= 15 is 0 Å². The molecule has 0 N–H and O–H groups in total. The fourth-order valence-corrected chi connectivity index (χ4v) is 2.56. The highest BCUT2D eigenvalue weighted by Gasteiger charge is 2.34. The van der Waals surface area contributed by atoms with Crippen molar-refractivity contribution < 1.29 is 14.3 Å². The fourth-order valence-electron chi connectivity index (χ4n) is 1.65. The molecule has 20 heavy (non-hydrogen) atoms. The molecule has 0 amide bonds. The number of rotatable bonds is 6. The molecule has 0 fully saturated rings. The molecule has 0 unspecified atom stereocenters. The number of allylic oxidation sites excluding steroid dienone is 1. The first-order valence-electron chi connectivity index (χ1n) is 6.56. The molecule has 0 saturated carbocycles. The standard InChI is InChI=1S/C16H20O3S/c1-4-5-11-16(3,20-13(2)17)15(18)19-12-14-9-7-6-8-10-14/h5-11H,4,12H2,1-3H3/t16-/m1/s1. The quantitative estimate of drug-likeness (QED) is 0.592. The second-order valence-electron chi connectivity index (χ2n) is 4.57. The van der Waals surface area contributed by atoms with Crippen LogP contribution in [0.3, 0.4) is 0 Å². The zero-order chi connectivity index (χ0) is 15.0. The molecule has 0 aliphatic carbocycles. The van der Waals surface area contributed by atoms with E-state index in [0.29, 0.717) is 0 Å². The number of ether oxygens (including phenoxy) is 1. The van der Waals surface area contributed by atoms with Crippen molar-refractivity contribution in [2.45, 2.75) is 38.5 Å². The SMILES string of the molecule is CCC=C[C@@](C)(SC(C)=O)C(=O)OCc1ccccc1. The summed E-state index contributed by atoms with van der Waals surface area (Å²) in [6, 6.07) is 9.48. The highest BCUT2D eigenvalue weighted by atomic mass is 32.2. The van der Waals surface area contributed by atoms with Gasteiger partial charge in [-0.15, -0.1) is 0 Å². The Morgan fingerprint density at radius 1 is 1.30 bits per heavy atom. The van der Waals surface area contributed by atoms with Crippen molar-refractivity contribution in [1.29, 1.82) is 0 Å². The van der Waals surface area contributed by atoms with Gasteiger partial charge >= 0.3 is 5.97 Å². The van der Waals surface area contributed by atoms with Gasteiger partial charge in [0.05, 0.1) is 0 Å². The van der Waals surface area contributed by atoms with Crippen LogP contribution in [0.5, 0.6) is 0 Å². The zero-order valence-corrected chi connectivity index (χ0v) is 12.9. The lowest BCUT2D eigenvalue weighted by Gasteiger charge is -2.21. The Morgan fingerprint density at radius 2 is 1.95 bits per heavy atom. The van der Waals surface area contributed by atoms with E-state index in [1.165, 1.54) is 6.92 Å². The number of benzene rings is 1. The molecule has 1 rings (SSSR count). The lowest BCUT2D eigenvalue weighted by Crippen LogP contribution is -2.32. The average Bonchev–Trinajstić information content (AvgIpc) is 2.43. The van der Waals surface area contributed by atoms with Crippen molar-refractivity contribution in [3.63, 3.8) is 0 Å². The third kappa shape index (κ3) is 5.21. The summed E-state index contributed by atoms with van der Waals surface area (Å²) in [7, 11) is 0. The van der Waals surface area contributed by atoms with Gasteiger partial charge in [0.25, 0.3) is 0 Å². The van der Waals surface area contributed by atoms with E-state index in [1.54, 1.807) is 13.0 Å². The largest absolute Gasteiger partial charge is 0.460 e. The average molecular weight is 292 g/mol. The van der Waals surface area contributed by atoms with Gasteiger partial charge in [0.1, 0.15) is 11.4 Å². The number of carbonyl (C=O) groups excluding carboxylic acids is 2. The van der Waals surface area contributed by atoms with Gasteiger partial charge in [0.15, 0.2) is 5.12 Å². The van der Waals surface area contributed by atoms with Crippen LogP contribution in [-0.4, -0.2) is 15.8 Å². The monoisotopic (exact) mass is 292 g/mol. The number of thioether (sulfide) groups is 1. The van der Waals surface area contributed by atoms with Crippen molar-refractivity contribution in [3.8, 4) is 0 Å². The van der Waals surface area contributed by atoms with Crippen LogP contribution < -0.4 is 0 Å². The third-order valence-corrected chi connectivity index (χ3v) is 3.66. The highest BCUT2D eigenvalue weighted by molar-refractivity contribution is 8.15. The molecule has 0 saturated heterocycles. The summed E-state index contributed by atoms with van der Waals surface area (Å²) >= 11 is 0.985. The van der Waals surface area contributed by atoms with Crippen LogP contribution in [0, 0.1) is 0 Å². The van der Waals surface area contributed by atoms with Gasteiger partial charge < -0.3 is 4.74 Å². The first-order valence-corrected chi connectivity index (χ1v) is 7.38. The van der Waals surface area contributed by atoms with Crippen molar-refractivity contribution in [3.05, 3.63) is 48.0 Å². The molecule has 0 radical (unpaired) electrons. The normalized spacial score (nSPS) is 13.9. The van der Waals surface area contributed by atoms with Gasteiger partial charge in [-0.2, -0.15) is 0 Å².